The van der Waals surface area contributed by atoms with E-state index in [-0.39, 0.29) is 0 Å². The molecule has 0 N–H and O–H groups in total. The van der Waals surface area contributed by atoms with Crippen molar-refractivity contribution in [1.82, 2.24) is 0 Å². The first-order valence-electron chi connectivity index (χ1n) is 3.45. The Morgan fingerprint density at radius 1 is 1.56 bits per heavy atom. The van der Waals surface area contributed by atoms with Crippen molar-refractivity contribution in [2.45, 2.75) is 20.3 Å². The molecule has 56 valence electrons. The van der Waals surface area contributed by atoms with E-state index in [4.69, 9.17) is 11.6 Å². The van der Waals surface area contributed by atoms with Gasteiger partial charge in [-0.3, -0.25) is 0 Å². The van der Waals surface area contributed by atoms with Crippen LogP contribution in [0.2, 0.25) is 0 Å². The van der Waals surface area contributed by atoms with Gasteiger partial charge in [0.2, 0.25) is 0 Å². The molecule has 0 radical (unpaired) electrons. The maximum absolute atomic E-state index is 5.62. The molecule has 1 atom stereocenters. The first-order chi connectivity index (χ1) is 4.31. The van der Waals surface area contributed by atoms with E-state index in [0.29, 0.717) is 5.92 Å². The molecule has 0 aromatic rings. The summed E-state index contributed by atoms with van der Waals surface area (Å²) >= 11 is 7.62. The quantitative estimate of drug-likeness (QED) is 0.447. The summed E-state index contributed by atoms with van der Waals surface area (Å²) in [5.41, 5.74) is 0. The van der Waals surface area contributed by atoms with Crippen LogP contribution in [0.5, 0.6) is 0 Å². The van der Waals surface area contributed by atoms with Crippen molar-refractivity contribution in [2.75, 3.05) is 17.4 Å². The zero-order valence-electron chi connectivity index (χ0n) is 6.19. The molecule has 0 amide bonds. The van der Waals surface area contributed by atoms with Gasteiger partial charge in [0.15, 0.2) is 0 Å². The first kappa shape index (κ1) is 9.64. The molecule has 0 aliphatic carbocycles. The Kier molecular flexibility index (Phi) is 7.24. The van der Waals surface area contributed by atoms with Crippen molar-refractivity contribution in [1.29, 1.82) is 0 Å². The summed E-state index contributed by atoms with van der Waals surface area (Å²) in [6.45, 7) is 4.40. The smallest absolute Gasteiger partial charge is 0.0257 e. The van der Waals surface area contributed by atoms with Gasteiger partial charge in [0.1, 0.15) is 0 Å². The summed E-state index contributed by atoms with van der Waals surface area (Å²) in [7, 11) is 0. The maximum Gasteiger partial charge on any atom is 0.0257 e. The highest BCUT2D eigenvalue weighted by molar-refractivity contribution is 7.99. The SMILES string of the molecule is CCCSCC(C)CCl. The minimum absolute atomic E-state index is 0.684. The van der Waals surface area contributed by atoms with Crippen molar-refractivity contribution < 1.29 is 0 Å². The maximum atomic E-state index is 5.62. The van der Waals surface area contributed by atoms with E-state index in [1.807, 2.05) is 11.8 Å². The minimum atomic E-state index is 0.684. The number of alkyl halides is 1. The van der Waals surface area contributed by atoms with Crippen molar-refractivity contribution in [3.63, 3.8) is 0 Å². The summed E-state index contributed by atoms with van der Waals surface area (Å²) in [6.07, 6.45) is 1.28. The van der Waals surface area contributed by atoms with Crippen LogP contribution >= 0.6 is 23.4 Å². The Bertz CT molecular complexity index is 56.9. The number of hydrogen-bond acceptors (Lipinski definition) is 1. The van der Waals surface area contributed by atoms with E-state index in [1.54, 1.807) is 0 Å². The molecule has 0 nitrogen and oxygen atoms in total. The zero-order valence-corrected chi connectivity index (χ0v) is 7.76. The van der Waals surface area contributed by atoms with Gasteiger partial charge in [-0.25, -0.2) is 0 Å². The van der Waals surface area contributed by atoms with Crippen molar-refractivity contribution >= 4 is 23.4 Å². The molecule has 0 aromatic carbocycles. The summed E-state index contributed by atoms with van der Waals surface area (Å²) in [6, 6.07) is 0. The number of rotatable bonds is 5. The lowest BCUT2D eigenvalue weighted by atomic mass is 10.3. The molecule has 2 heteroatoms. The lowest BCUT2D eigenvalue weighted by Gasteiger charge is -2.04. The van der Waals surface area contributed by atoms with E-state index in [0.717, 1.165) is 5.88 Å². The minimum Gasteiger partial charge on any atom is -0.162 e. The topological polar surface area (TPSA) is 0 Å². The molecule has 0 heterocycles. The van der Waals surface area contributed by atoms with Gasteiger partial charge in [0.25, 0.3) is 0 Å². The van der Waals surface area contributed by atoms with Crippen LogP contribution in [0.25, 0.3) is 0 Å². The number of hydrogen-bond donors (Lipinski definition) is 0. The van der Waals surface area contributed by atoms with Crippen LogP contribution in [-0.4, -0.2) is 17.4 Å². The Balaban J connectivity index is 2.88. The third-order valence-corrected chi connectivity index (χ3v) is 3.04. The molecule has 0 saturated carbocycles. The van der Waals surface area contributed by atoms with Crippen molar-refractivity contribution in [3.8, 4) is 0 Å². The predicted octanol–water partition coefficient (Wildman–Crippen LogP) is 3.00. The van der Waals surface area contributed by atoms with Gasteiger partial charge in [-0.15, -0.1) is 11.6 Å². The van der Waals surface area contributed by atoms with E-state index < -0.39 is 0 Å². The van der Waals surface area contributed by atoms with Crippen LogP contribution in [0.4, 0.5) is 0 Å². The van der Waals surface area contributed by atoms with Gasteiger partial charge < -0.3 is 0 Å². The third-order valence-electron chi connectivity index (χ3n) is 1.01. The summed E-state index contributed by atoms with van der Waals surface area (Å²) in [5, 5.41) is 0. The molecule has 0 aliphatic heterocycles. The van der Waals surface area contributed by atoms with Gasteiger partial charge in [0, 0.05) is 5.88 Å². The molecular weight excluding hydrogens is 152 g/mol. The molecule has 9 heavy (non-hydrogen) atoms. The van der Waals surface area contributed by atoms with Crippen molar-refractivity contribution in [2.24, 2.45) is 5.92 Å². The second kappa shape index (κ2) is 6.76. The predicted molar refractivity (Wildman–Crippen MR) is 47.5 cm³/mol. The lowest BCUT2D eigenvalue weighted by molar-refractivity contribution is 0.758. The molecule has 1 unspecified atom stereocenters. The van der Waals surface area contributed by atoms with Crippen LogP contribution in [0, 0.1) is 5.92 Å². The lowest BCUT2D eigenvalue weighted by Crippen LogP contribution is -1.99. The monoisotopic (exact) mass is 166 g/mol. The fraction of sp³-hybridized carbons (Fsp3) is 1.00. The average Bonchev–Trinajstić information content (AvgIpc) is 1.89. The van der Waals surface area contributed by atoms with Gasteiger partial charge in [-0.2, -0.15) is 11.8 Å². The molecule has 0 aromatic heterocycles. The molecule has 0 fully saturated rings. The molecular formula is C7H15ClS. The fourth-order valence-corrected chi connectivity index (χ4v) is 1.69. The van der Waals surface area contributed by atoms with Gasteiger partial charge in [-0.1, -0.05) is 13.8 Å². The van der Waals surface area contributed by atoms with Gasteiger partial charge in [-0.05, 0) is 23.8 Å². The Morgan fingerprint density at radius 3 is 2.67 bits per heavy atom. The van der Waals surface area contributed by atoms with Crippen LogP contribution < -0.4 is 0 Å². The fourth-order valence-electron chi connectivity index (χ4n) is 0.473. The summed E-state index contributed by atoms with van der Waals surface area (Å²) < 4.78 is 0. The molecule has 0 bridgehead atoms. The first-order valence-corrected chi connectivity index (χ1v) is 5.13. The second-order valence-corrected chi connectivity index (χ2v) is 3.79. The average molecular weight is 167 g/mol. The largest absolute Gasteiger partial charge is 0.162 e. The third kappa shape index (κ3) is 6.53. The van der Waals surface area contributed by atoms with E-state index in [1.165, 1.54) is 17.9 Å². The highest BCUT2D eigenvalue weighted by Crippen LogP contribution is 2.09. The van der Waals surface area contributed by atoms with E-state index >= 15 is 0 Å². The Hall–Kier alpha value is 0.640. The Morgan fingerprint density at radius 2 is 2.22 bits per heavy atom. The van der Waals surface area contributed by atoms with Crippen LogP contribution in [-0.2, 0) is 0 Å². The molecule has 0 rings (SSSR count). The summed E-state index contributed by atoms with van der Waals surface area (Å²) in [4.78, 5) is 0. The zero-order chi connectivity index (χ0) is 7.11. The Labute approximate surface area is 67.4 Å². The van der Waals surface area contributed by atoms with Gasteiger partial charge >= 0.3 is 0 Å². The normalized spacial score (nSPS) is 13.7. The summed E-state index contributed by atoms with van der Waals surface area (Å²) in [5.74, 6) is 3.98. The van der Waals surface area contributed by atoms with Crippen LogP contribution in [0.15, 0.2) is 0 Å². The standard InChI is InChI=1S/C7H15ClS/c1-3-4-9-6-7(2)5-8/h7H,3-6H2,1-2H3. The van der Waals surface area contributed by atoms with E-state index in [2.05, 4.69) is 13.8 Å². The molecule has 0 spiro atoms. The highest BCUT2D eigenvalue weighted by atomic mass is 35.5. The van der Waals surface area contributed by atoms with E-state index in [9.17, 15) is 0 Å². The number of halogens is 1. The van der Waals surface area contributed by atoms with Gasteiger partial charge in [0.05, 0.1) is 0 Å². The molecule has 0 aliphatic rings. The number of thioether (sulfide) groups is 1. The highest BCUT2D eigenvalue weighted by Gasteiger charge is 1.97. The molecule has 0 saturated heterocycles. The second-order valence-electron chi connectivity index (χ2n) is 2.33. The van der Waals surface area contributed by atoms with Crippen LogP contribution in [0.3, 0.4) is 0 Å². The van der Waals surface area contributed by atoms with Crippen LogP contribution in [0.1, 0.15) is 20.3 Å². The van der Waals surface area contributed by atoms with Crippen molar-refractivity contribution in [3.05, 3.63) is 0 Å².